The van der Waals surface area contributed by atoms with Gasteiger partial charge in [0.05, 0.1) is 13.1 Å². The Morgan fingerprint density at radius 3 is 2.27 bits per heavy atom. The number of nitrogens with two attached hydrogens (primary N) is 2. The first-order chi connectivity index (χ1) is 10.8. The van der Waals surface area contributed by atoms with Crippen molar-refractivity contribution < 1.29 is 10.1 Å². The number of ether oxygens (including phenoxy) is 1. The topological polar surface area (TPSA) is 51.9 Å². The zero-order valence-corrected chi connectivity index (χ0v) is 13.0. The molecule has 116 valence electrons. The molecule has 0 atom stereocenters. The molecule has 0 spiro atoms. The summed E-state index contributed by atoms with van der Waals surface area (Å²) in [7, 11) is 0. The fourth-order valence-corrected chi connectivity index (χ4v) is 3.28. The van der Waals surface area contributed by atoms with E-state index >= 15 is 0 Å². The molecule has 0 aromatic heterocycles. The second-order valence-electron chi connectivity index (χ2n) is 6.15. The molecule has 1 aliphatic heterocycles. The first-order valence-corrected chi connectivity index (χ1v) is 8.11. The van der Waals surface area contributed by atoms with Crippen molar-refractivity contribution in [3.05, 3.63) is 65.7 Å². The van der Waals surface area contributed by atoms with E-state index < -0.39 is 0 Å². The van der Waals surface area contributed by atoms with Crippen LogP contribution in [0.15, 0.2) is 54.6 Å². The molecule has 1 heterocycles. The number of piperidine rings is 1. The lowest BCUT2D eigenvalue weighted by Crippen LogP contribution is -2.87. The Balaban J connectivity index is 1.67. The van der Waals surface area contributed by atoms with Crippen LogP contribution in [0, 0.1) is 0 Å². The molecule has 0 aliphatic carbocycles. The van der Waals surface area contributed by atoms with E-state index in [4.69, 9.17) is 10.5 Å². The summed E-state index contributed by atoms with van der Waals surface area (Å²) in [5, 5.41) is 2.38. The van der Waals surface area contributed by atoms with E-state index in [1.807, 2.05) is 18.2 Å². The molecule has 2 aromatic carbocycles. The van der Waals surface area contributed by atoms with Crippen LogP contribution in [0.2, 0.25) is 0 Å². The minimum atomic E-state index is 0.159. The molecule has 1 saturated heterocycles. The van der Waals surface area contributed by atoms with Gasteiger partial charge in [-0.15, -0.1) is 0 Å². The lowest BCUT2D eigenvalue weighted by atomic mass is 9.73. The highest BCUT2D eigenvalue weighted by Gasteiger charge is 2.34. The highest BCUT2D eigenvalue weighted by molar-refractivity contribution is 5.33. The zero-order chi connectivity index (χ0) is 15.3. The van der Waals surface area contributed by atoms with Crippen molar-refractivity contribution >= 4 is 0 Å². The minimum Gasteiger partial charge on any atom is -0.489 e. The van der Waals surface area contributed by atoms with Gasteiger partial charge in [0.15, 0.2) is 0 Å². The van der Waals surface area contributed by atoms with Gasteiger partial charge < -0.3 is 15.8 Å². The number of quaternary nitrogens is 1. The van der Waals surface area contributed by atoms with Crippen LogP contribution in [0.25, 0.3) is 0 Å². The number of rotatable bonds is 5. The summed E-state index contributed by atoms with van der Waals surface area (Å²) in [4.78, 5) is 0. The molecule has 4 N–H and O–H groups in total. The third-order valence-electron chi connectivity index (χ3n) is 4.76. The predicted octanol–water partition coefficient (Wildman–Crippen LogP) is 1.82. The number of benzene rings is 2. The SMILES string of the molecule is NCC1(c2ccc(OCc3ccccc3)cc2)CC[NH2+]CC1. The van der Waals surface area contributed by atoms with E-state index in [0.29, 0.717) is 6.61 Å². The van der Waals surface area contributed by atoms with E-state index in [1.165, 1.54) is 24.2 Å². The van der Waals surface area contributed by atoms with Gasteiger partial charge in [0.1, 0.15) is 12.4 Å². The van der Waals surface area contributed by atoms with Gasteiger partial charge in [0, 0.05) is 24.8 Å². The molecule has 0 unspecified atom stereocenters. The van der Waals surface area contributed by atoms with Crippen LogP contribution in [-0.4, -0.2) is 19.6 Å². The van der Waals surface area contributed by atoms with Gasteiger partial charge in [-0.2, -0.15) is 0 Å². The predicted molar refractivity (Wildman–Crippen MR) is 88.8 cm³/mol. The Morgan fingerprint density at radius 1 is 0.955 bits per heavy atom. The maximum atomic E-state index is 6.10. The van der Waals surface area contributed by atoms with Gasteiger partial charge in [-0.25, -0.2) is 0 Å². The third-order valence-corrected chi connectivity index (χ3v) is 4.76. The largest absolute Gasteiger partial charge is 0.489 e. The summed E-state index contributed by atoms with van der Waals surface area (Å²) in [5.74, 6) is 0.919. The fourth-order valence-electron chi connectivity index (χ4n) is 3.28. The summed E-state index contributed by atoms with van der Waals surface area (Å²) in [6.45, 7) is 3.68. The third kappa shape index (κ3) is 3.32. The average molecular weight is 297 g/mol. The van der Waals surface area contributed by atoms with Crippen LogP contribution in [-0.2, 0) is 12.0 Å². The van der Waals surface area contributed by atoms with Crippen LogP contribution < -0.4 is 15.8 Å². The van der Waals surface area contributed by atoms with Crippen LogP contribution in [0.5, 0.6) is 5.75 Å². The van der Waals surface area contributed by atoms with Gasteiger partial charge in [-0.1, -0.05) is 42.5 Å². The zero-order valence-electron chi connectivity index (χ0n) is 13.0. The standard InChI is InChI=1S/C19H24N2O/c20-15-19(10-12-21-13-11-19)17-6-8-18(9-7-17)22-14-16-4-2-1-3-5-16/h1-9,21H,10-15,20H2/p+1. The molecule has 3 rings (SSSR count). The van der Waals surface area contributed by atoms with E-state index in [-0.39, 0.29) is 5.41 Å². The van der Waals surface area contributed by atoms with Crippen LogP contribution in [0.4, 0.5) is 0 Å². The molecule has 0 amide bonds. The summed E-state index contributed by atoms with van der Waals surface area (Å²) < 4.78 is 5.86. The van der Waals surface area contributed by atoms with Gasteiger partial charge in [-0.05, 0) is 23.3 Å². The Morgan fingerprint density at radius 2 is 1.64 bits per heavy atom. The van der Waals surface area contributed by atoms with Crippen LogP contribution in [0.1, 0.15) is 24.0 Å². The smallest absolute Gasteiger partial charge is 0.119 e. The molecular weight excluding hydrogens is 272 g/mol. The maximum Gasteiger partial charge on any atom is 0.119 e. The molecule has 2 aromatic rings. The molecule has 3 heteroatoms. The van der Waals surface area contributed by atoms with Crippen molar-refractivity contribution in [1.29, 1.82) is 0 Å². The maximum absolute atomic E-state index is 6.10. The van der Waals surface area contributed by atoms with E-state index in [9.17, 15) is 0 Å². The molecule has 3 nitrogen and oxygen atoms in total. The van der Waals surface area contributed by atoms with E-state index in [0.717, 1.165) is 25.1 Å². The lowest BCUT2D eigenvalue weighted by Gasteiger charge is -2.35. The van der Waals surface area contributed by atoms with Crippen LogP contribution in [0.3, 0.4) is 0 Å². The monoisotopic (exact) mass is 297 g/mol. The summed E-state index contributed by atoms with van der Waals surface area (Å²) in [5.41, 5.74) is 8.80. The second kappa shape index (κ2) is 6.95. The van der Waals surface area contributed by atoms with Crippen molar-refractivity contribution in [2.45, 2.75) is 24.9 Å². The van der Waals surface area contributed by atoms with Crippen molar-refractivity contribution in [2.75, 3.05) is 19.6 Å². The molecule has 22 heavy (non-hydrogen) atoms. The Bertz CT molecular complexity index is 574. The van der Waals surface area contributed by atoms with Crippen LogP contribution >= 0.6 is 0 Å². The molecular formula is C19H25N2O+. The van der Waals surface area contributed by atoms with Crippen molar-refractivity contribution in [1.82, 2.24) is 0 Å². The molecule has 0 saturated carbocycles. The first-order valence-electron chi connectivity index (χ1n) is 8.11. The number of hydrogen-bond donors (Lipinski definition) is 2. The highest BCUT2D eigenvalue weighted by Crippen LogP contribution is 2.32. The highest BCUT2D eigenvalue weighted by atomic mass is 16.5. The average Bonchev–Trinajstić information content (AvgIpc) is 2.62. The summed E-state index contributed by atoms with van der Waals surface area (Å²) in [6.07, 6.45) is 2.32. The van der Waals surface area contributed by atoms with Gasteiger partial charge in [0.25, 0.3) is 0 Å². The lowest BCUT2D eigenvalue weighted by molar-refractivity contribution is -0.665. The quantitative estimate of drug-likeness (QED) is 0.884. The van der Waals surface area contributed by atoms with Crippen molar-refractivity contribution in [3.63, 3.8) is 0 Å². The Kier molecular flexibility index (Phi) is 4.76. The Labute approximate surface area is 132 Å². The number of hydrogen-bond acceptors (Lipinski definition) is 2. The van der Waals surface area contributed by atoms with E-state index in [1.54, 1.807) is 0 Å². The molecule has 1 fully saturated rings. The van der Waals surface area contributed by atoms with E-state index in [2.05, 4.69) is 41.7 Å². The summed E-state index contributed by atoms with van der Waals surface area (Å²) in [6, 6.07) is 18.8. The van der Waals surface area contributed by atoms with Gasteiger partial charge >= 0.3 is 0 Å². The van der Waals surface area contributed by atoms with Gasteiger partial charge in [0.2, 0.25) is 0 Å². The molecule has 0 bridgehead atoms. The second-order valence-corrected chi connectivity index (χ2v) is 6.15. The van der Waals surface area contributed by atoms with Crippen molar-refractivity contribution in [3.8, 4) is 5.75 Å². The molecule has 1 aliphatic rings. The normalized spacial score (nSPS) is 17.1. The Hall–Kier alpha value is -1.84. The van der Waals surface area contributed by atoms with Gasteiger partial charge in [-0.3, -0.25) is 0 Å². The summed E-state index contributed by atoms with van der Waals surface area (Å²) >= 11 is 0. The first kappa shape index (κ1) is 15.1. The molecule has 0 radical (unpaired) electrons. The fraction of sp³-hybridized carbons (Fsp3) is 0.368. The minimum absolute atomic E-state index is 0.159. The van der Waals surface area contributed by atoms with Crippen molar-refractivity contribution in [2.24, 2.45) is 5.73 Å².